The molecule has 1 unspecified atom stereocenters. The van der Waals surface area contributed by atoms with Gasteiger partial charge in [-0.3, -0.25) is 10.5 Å². The number of nitrogens with two attached hydrogens (primary N) is 1. The highest BCUT2D eigenvalue weighted by Crippen LogP contribution is 1.80. The maximum Gasteiger partial charge on any atom is 0.294 e. The van der Waals surface area contributed by atoms with Crippen molar-refractivity contribution in [2.45, 2.75) is 6.23 Å². The monoisotopic (exact) mass is 121 g/mol. The van der Waals surface area contributed by atoms with Crippen molar-refractivity contribution >= 4 is 19.1 Å². The summed E-state index contributed by atoms with van der Waals surface area (Å²) in [5.41, 5.74) is 5.05. The van der Waals surface area contributed by atoms with Crippen LogP contribution in [0.15, 0.2) is 0 Å². The number of rotatable bonds is 3. The zero-order chi connectivity index (χ0) is 5.70. The number of carbonyl (C=O) groups excluding carboxylic acids is 1. The van der Waals surface area contributed by atoms with Crippen molar-refractivity contribution in [3.8, 4) is 0 Å². The number of carbonyl (C=O) groups is 1. The smallest absolute Gasteiger partial charge is 0.294 e. The largest absolute Gasteiger partial charge is 0.448 e. The van der Waals surface area contributed by atoms with E-state index in [1.54, 1.807) is 0 Å². The maximum absolute atomic E-state index is 9.44. The molecule has 0 aliphatic carbocycles. The van der Waals surface area contributed by atoms with Gasteiger partial charge in [-0.25, -0.2) is 0 Å². The van der Waals surface area contributed by atoms with Gasteiger partial charge in [-0.2, -0.15) is 12.6 Å². The predicted octanol–water partition coefficient (Wildman–Crippen LogP) is -0.626. The summed E-state index contributed by atoms with van der Waals surface area (Å²) in [5.74, 6) is 0.360. The molecule has 0 aliphatic heterocycles. The van der Waals surface area contributed by atoms with Crippen LogP contribution >= 0.6 is 12.6 Å². The molecule has 2 N–H and O–H groups in total. The van der Waals surface area contributed by atoms with Gasteiger partial charge >= 0.3 is 0 Å². The molecule has 1 atom stereocenters. The van der Waals surface area contributed by atoms with Gasteiger partial charge < -0.3 is 4.74 Å². The van der Waals surface area contributed by atoms with Gasteiger partial charge in [-0.15, -0.1) is 0 Å². The van der Waals surface area contributed by atoms with Gasteiger partial charge in [0, 0.05) is 5.75 Å². The van der Waals surface area contributed by atoms with Crippen LogP contribution in [0.4, 0.5) is 0 Å². The highest BCUT2D eigenvalue weighted by atomic mass is 32.1. The van der Waals surface area contributed by atoms with E-state index in [-0.39, 0.29) is 0 Å². The maximum atomic E-state index is 9.44. The number of ether oxygens (including phenoxy) is 1. The third kappa shape index (κ3) is 3.61. The molecule has 4 heteroatoms. The second kappa shape index (κ2) is 3.95. The van der Waals surface area contributed by atoms with Crippen LogP contribution in [0.25, 0.3) is 0 Å². The van der Waals surface area contributed by atoms with E-state index < -0.39 is 6.23 Å². The molecule has 42 valence electrons. The minimum atomic E-state index is -0.555. The number of hydrogen-bond donors (Lipinski definition) is 2. The van der Waals surface area contributed by atoms with Crippen LogP contribution in [0.3, 0.4) is 0 Å². The average Bonchev–Trinajstić information content (AvgIpc) is 1.68. The Morgan fingerprint density at radius 1 is 2.00 bits per heavy atom. The molecule has 7 heavy (non-hydrogen) atoms. The summed E-state index contributed by atoms with van der Waals surface area (Å²) in [5, 5.41) is 0. The minimum absolute atomic E-state index is 0.306. The third-order valence-corrected chi connectivity index (χ3v) is 0.770. The van der Waals surface area contributed by atoms with E-state index in [9.17, 15) is 4.79 Å². The lowest BCUT2D eigenvalue weighted by atomic mass is 10.7. The zero-order valence-electron chi connectivity index (χ0n) is 3.70. The Balaban J connectivity index is 2.98. The van der Waals surface area contributed by atoms with Crippen molar-refractivity contribution in [1.82, 2.24) is 0 Å². The Hall–Kier alpha value is -0.220. The van der Waals surface area contributed by atoms with Crippen molar-refractivity contribution in [3.63, 3.8) is 0 Å². The molecule has 0 heterocycles. The van der Waals surface area contributed by atoms with Crippen LogP contribution in [0, 0.1) is 0 Å². The highest BCUT2D eigenvalue weighted by molar-refractivity contribution is 7.80. The first-order valence-corrected chi connectivity index (χ1v) is 2.40. The minimum Gasteiger partial charge on any atom is -0.448 e. The molecule has 0 amide bonds. The van der Waals surface area contributed by atoms with Gasteiger partial charge in [0.05, 0.1) is 0 Å². The normalized spacial score (nSPS) is 12.9. The van der Waals surface area contributed by atoms with E-state index >= 15 is 0 Å². The van der Waals surface area contributed by atoms with Crippen molar-refractivity contribution in [2.75, 3.05) is 5.75 Å². The van der Waals surface area contributed by atoms with Crippen LogP contribution in [0.1, 0.15) is 0 Å². The Kier molecular flexibility index (Phi) is 3.83. The van der Waals surface area contributed by atoms with Crippen LogP contribution in [0.5, 0.6) is 0 Å². The first kappa shape index (κ1) is 6.78. The second-order valence-corrected chi connectivity index (χ2v) is 1.32. The first-order chi connectivity index (χ1) is 3.31. The summed E-state index contributed by atoms with van der Waals surface area (Å²) < 4.78 is 4.21. The molecule has 0 bridgehead atoms. The van der Waals surface area contributed by atoms with E-state index in [0.717, 1.165) is 0 Å². The van der Waals surface area contributed by atoms with Crippen molar-refractivity contribution < 1.29 is 9.53 Å². The second-order valence-electron chi connectivity index (χ2n) is 0.953. The summed E-state index contributed by atoms with van der Waals surface area (Å²) in [6, 6.07) is 0. The molecule has 0 saturated heterocycles. The van der Waals surface area contributed by atoms with E-state index in [4.69, 9.17) is 5.73 Å². The number of thiol groups is 1. The van der Waals surface area contributed by atoms with Gasteiger partial charge in [0.1, 0.15) is 0 Å². The third-order valence-electron chi connectivity index (χ3n) is 0.410. The fourth-order valence-corrected chi connectivity index (χ4v) is 0.200. The predicted molar refractivity (Wildman–Crippen MR) is 29.0 cm³/mol. The Labute approximate surface area is 47.2 Å². The van der Waals surface area contributed by atoms with Crippen molar-refractivity contribution in [3.05, 3.63) is 0 Å². The van der Waals surface area contributed by atoms with Gasteiger partial charge in [0.2, 0.25) is 0 Å². The van der Waals surface area contributed by atoms with Crippen molar-refractivity contribution in [1.29, 1.82) is 0 Å². The van der Waals surface area contributed by atoms with Crippen LogP contribution < -0.4 is 5.73 Å². The fraction of sp³-hybridized carbons (Fsp3) is 0.667. The molecular formula is C3H7NO2S. The molecule has 0 aromatic carbocycles. The lowest BCUT2D eigenvalue weighted by molar-refractivity contribution is -0.132. The summed E-state index contributed by atoms with van der Waals surface area (Å²) >= 11 is 3.74. The Morgan fingerprint density at radius 2 is 2.57 bits per heavy atom. The molecule has 0 rings (SSSR count). The molecule has 0 aromatic rings. The van der Waals surface area contributed by atoms with E-state index in [1.807, 2.05) is 0 Å². The summed E-state index contributed by atoms with van der Waals surface area (Å²) in [7, 11) is 0. The molecule has 0 aliphatic rings. The van der Waals surface area contributed by atoms with E-state index in [0.29, 0.717) is 12.2 Å². The van der Waals surface area contributed by atoms with E-state index in [2.05, 4.69) is 17.4 Å². The van der Waals surface area contributed by atoms with Gasteiger partial charge in [0.15, 0.2) is 6.23 Å². The Bertz CT molecular complexity index is 58.9. The summed E-state index contributed by atoms with van der Waals surface area (Å²) in [6.07, 6.45) is -0.555. The Morgan fingerprint density at radius 3 is 2.71 bits per heavy atom. The van der Waals surface area contributed by atoms with Gasteiger partial charge in [-0.05, 0) is 0 Å². The lowest BCUT2D eigenvalue weighted by Gasteiger charge is -2.01. The average molecular weight is 121 g/mol. The zero-order valence-corrected chi connectivity index (χ0v) is 4.60. The summed E-state index contributed by atoms with van der Waals surface area (Å²) in [6.45, 7) is 0.306. The molecule has 0 radical (unpaired) electrons. The highest BCUT2D eigenvalue weighted by Gasteiger charge is 1.93. The molecule has 0 spiro atoms. The van der Waals surface area contributed by atoms with Crippen LogP contribution in [0.2, 0.25) is 0 Å². The van der Waals surface area contributed by atoms with Crippen LogP contribution in [-0.2, 0) is 9.53 Å². The molecular weight excluding hydrogens is 114 g/mol. The lowest BCUT2D eigenvalue weighted by Crippen LogP contribution is -2.24. The topological polar surface area (TPSA) is 52.3 Å². The summed E-state index contributed by atoms with van der Waals surface area (Å²) in [4.78, 5) is 9.44. The molecule has 0 fully saturated rings. The van der Waals surface area contributed by atoms with E-state index in [1.165, 1.54) is 0 Å². The quantitative estimate of drug-likeness (QED) is 0.297. The van der Waals surface area contributed by atoms with Gasteiger partial charge in [0.25, 0.3) is 6.47 Å². The first-order valence-electron chi connectivity index (χ1n) is 1.76. The fourth-order valence-electron chi connectivity index (χ4n) is 0.114. The number of hydrogen-bond acceptors (Lipinski definition) is 4. The van der Waals surface area contributed by atoms with Gasteiger partial charge in [-0.1, -0.05) is 0 Å². The van der Waals surface area contributed by atoms with Crippen LogP contribution in [-0.4, -0.2) is 18.5 Å². The van der Waals surface area contributed by atoms with Crippen molar-refractivity contribution in [2.24, 2.45) is 5.73 Å². The standard InChI is InChI=1S/C3H7NO2S/c4-3(1-7)6-2-5/h2-3,7H,1,4H2. The molecule has 0 saturated carbocycles. The molecule has 3 nitrogen and oxygen atoms in total. The SMILES string of the molecule is NC(CS)OC=O. The molecule has 0 aromatic heterocycles.